The second-order valence-corrected chi connectivity index (χ2v) is 11.0. The standard InChI is InChI=1S/C32H54O2/c1-26(2)14-10-15-27(3)16-11-17-28(4)18-12-19-29(5)20-13-21-30(6)34-32(33)25-24-31-22-8-7-9-23-31/h14,16,18,20,30-31H,7-13,15,17,19,21-25H2,1-6H3/b27-16+,28-18+,29-20+. The molecule has 0 saturated heterocycles. The summed E-state index contributed by atoms with van der Waals surface area (Å²) in [6, 6.07) is 0. The van der Waals surface area contributed by atoms with Crippen LogP contribution in [0.2, 0.25) is 0 Å². The molecule has 0 N–H and O–H groups in total. The van der Waals surface area contributed by atoms with E-state index in [0.717, 1.165) is 57.3 Å². The Morgan fingerprint density at radius 1 is 0.735 bits per heavy atom. The molecule has 1 rings (SSSR count). The Morgan fingerprint density at radius 3 is 1.76 bits per heavy atom. The van der Waals surface area contributed by atoms with E-state index in [2.05, 4.69) is 58.9 Å². The molecule has 0 radical (unpaired) electrons. The maximum absolute atomic E-state index is 12.1. The lowest BCUT2D eigenvalue weighted by atomic mass is 9.86. The first-order valence-electron chi connectivity index (χ1n) is 14.1. The van der Waals surface area contributed by atoms with Crippen LogP contribution in [0, 0.1) is 5.92 Å². The highest BCUT2D eigenvalue weighted by Gasteiger charge is 2.16. The van der Waals surface area contributed by atoms with Crippen LogP contribution < -0.4 is 0 Å². The molecule has 1 saturated carbocycles. The van der Waals surface area contributed by atoms with E-state index in [0.29, 0.717) is 6.42 Å². The Labute approximate surface area is 212 Å². The van der Waals surface area contributed by atoms with Crippen molar-refractivity contribution in [3.8, 4) is 0 Å². The summed E-state index contributed by atoms with van der Waals surface area (Å²) in [5.74, 6) is 0.746. The van der Waals surface area contributed by atoms with Gasteiger partial charge in [-0.05, 0) is 105 Å². The Balaban J connectivity index is 2.15. The van der Waals surface area contributed by atoms with Crippen LogP contribution in [0.15, 0.2) is 46.6 Å². The van der Waals surface area contributed by atoms with Crippen LogP contribution in [0.5, 0.6) is 0 Å². The zero-order valence-electron chi connectivity index (χ0n) is 23.4. The number of rotatable bonds is 16. The lowest BCUT2D eigenvalue weighted by Gasteiger charge is -2.21. The van der Waals surface area contributed by atoms with Crippen LogP contribution in [-0.2, 0) is 9.53 Å². The second kappa shape index (κ2) is 18.7. The summed E-state index contributed by atoms with van der Waals surface area (Å²) in [4.78, 5) is 12.1. The minimum atomic E-state index is -0.00248. The molecule has 1 aliphatic carbocycles. The maximum Gasteiger partial charge on any atom is 0.306 e. The van der Waals surface area contributed by atoms with Crippen molar-refractivity contribution in [2.24, 2.45) is 5.92 Å². The Hall–Kier alpha value is -1.57. The zero-order chi connectivity index (χ0) is 25.2. The van der Waals surface area contributed by atoms with Gasteiger partial charge in [0.1, 0.15) is 0 Å². The molecule has 0 aromatic carbocycles. The lowest BCUT2D eigenvalue weighted by Crippen LogP contribution is -2.16. The van der Waals surface area contributed by atoms with E-state index in [-0.39, 0.29) is 12.1 Å². The molecule has 0 spiro atoms. The third-order valence-electron chi connectivity index (χ3n) is 7.03. The molecule has 1 fully saturated rings. The fraction of sp³-hybridized carbons (Fsp3) is 0.719. The molecule has 0 aromatic rings. The number of carbonyl (C=O) groups is 1. The molecular formula is C32H54O2. The van der Waals surface area contributed by atoms with Crippen LogP contribution in [0.3, 0.4) is 0 Å². The normalized spacial score (nSPS) is 16.9. The van der Waals surface area contributed by atoms with Gasteiger partial charge in [0.15, 0.2) is 0 Å². The molecule has 194 valence electrons. The molecule has 0 aliphatic heterocycles. The molecule has 1 unspecified atom stereocenters. The molecule has 1 aliphatic rings. The van der Waals surface area contributed by atoms with Gasteiger partial charge < -0.3 is 4.74 Å². The monoisotopic (exact) mass is 470 g/mol. The maximum atomic E-state index is 12.1. The van der Waals surface area contributed by atoms with Gasteiger partial charge in [-0.3, -0.25) is 4.79 Å². The van der Waals surface area contributed by atoms with E-state index >= 15 is 0 Å². The first-order valence-corrected chi connectivity index (χ1v) is 14.1. The summed E-state index contributed by atoms with van der Waals surface area (Å²) in [6.45, 7) is 13.1. The number of hydrogen-bond acceptors (Lipinski definition) is 2. The Bertz CT molecular complexity index is 682. The lowest BCUT2D eigenvalue weighted by molar-refractivity contribution is -0.148. The molecule has 0 bridgehead atoms. The number of ether oxygens (including phenoxy) is 1. The van der Waals surface area contributed by atoms with Crippen molar-refractivity contribution < 1.29 is 9.53 Å². The van der Waals surface area contributed by atoms with Crippen molar-refractivity contribution in [3.05, 3.63) is 46.6 Å². The van der Waals surface area contributed by atoms with Crippen molar-refractivity contribution in [3.63, 3.8) is 0 Å². The van der Waals surface area contributed by atoms with Crippen molar-refractivity contribution in [1.82, 2.24) is 0 Å². The first kappa shape index (κ1) is 30.5. The summed E-state index contributed by atoms with van der Waals surface area (Å²) in [7, 11) is 0. The first-order chi connectivity index (χ1) is 16.3. The van der Waals surface area contributed by atoms with Gasteiger partial charge in [0, 0.05) is 6.42 Å². The van der Waals surface area contributed by atoms with Gasteiger partial charge in [-0.25, -0.2) is 0 Å². The van der Waals surface area contributed by atoms with Crippen molar-refractivity contribution >= 4 is 5.97 Å². The van der Waals surface area contributed by atoms with E-state index < -0.39 is 0 Å². The minimum absolute atomic E-state index is 0.00248. The van der Waals surface area contributed by atoms with Gasteiger partial charge in [0.25, 0.3) is 0 Å². The SMILES string of the molecule is CC(C)=CCC/C(C)=C/CC/C(C)=C/CC/C(C)=C/CCC(C)OC(=O)CCC1CCCCC1. The van der Waals surface area contributed by atoms with Gasteiger partial charge in [0.2, 0.25) is 0 Å². The Morgan fingerprint density at radius 2 is 1.24 bits per heavy atom. The minimum Gasteiger partial charge on any atom is -0.463 e. The topological polar surface area (TPSA) is 26.3 Å². The molecule has 2 nitrogen and oxygen atoms in total. The second-order valence-electron chi connectivity index (χ2n) is 11.0. The quantitative estimate of drug-likeness (QED) is 0.166. The van der Waals surface area contributed by atoms with E-state index in [1.807, 2.05) is 6.92 Å². The van der Waals surface area contributed by atoms with Crippen LogP contribution in [0.4, 0.5) is 0 Å². The van der Waals surface area contributed by atoms with Gasteiger partial charge in [-0.15, -0.1) is 0 Å². The molecule has 2 heteroatoms. The van der Waals surface area contributed by atoms with Crippen LogP contribution >= 0.6 is 0 Å². The number of esters is 1. The summed E-state index contributed by atoms with van der Waals surface area (Å²) in [5.41, 5.74) is 5.85. The largest absolute Gasteiger partial charge is 0.463 e. The number of hydrogen-bond donors (Lipinski definition) is 0. The highest BCUT2D eigenvalue weighted by atomic mass is 16.5. The van der Waals surface area contributed by atoms with E-state index in [1.165, 1.54) is 60.8 Å². The summed E-state index contributed by atoms with van der Waals surface area (Å²) >= 11 is 0. The molecular weight excluding hydrogens is 416 g/mol. The van der Waals surface area contributed by atoms with Crippen molar-refractivity contribution in [2.45, 2.75) is 144 Å². The van der Waals surface area contributed by atoms with Gasteiger partial charge >= 0.3 is 5.97 Å². The van der Waals surface area contributed by atoms with Gasteiger partial charge in [-0.1, -0.05) is 78.7 Å². The molecule has 0 heterocycles. The molecule has 0 amide bonds. The predicted molar refractivity (Wildman–Crippen MR) is 149 cm³/mol. The predicted octanol–water partition coefficient (Wildman–Crippen LogP) is 10.2. The molecule has 0 aromatic heterocycles. The van der Waals surface area contributed by atoms with Crippen LogP contribution in [-0.4, -0.2) is 12.1 Å². The van der Waals surface area contributed by atoms with Crippen LogP contribution in [0.25, 0.3) is 0 Å². The van der Waals surface area contributed by atoms with Crippen molar-refractivity contribution in [2.75, 3.05) is 0 Å². The van der Waals surface area contributed by atoms with Crippen LogP contribution in [0.1, 0.15) is 138 Å². The van der Waals surface area contributed by atoms with E-state index in [1.54, 1.807) is 0 Å². The molecule has 34 heavy (non-hydrogen) atoms. The fourth-order valence-corrected chi connectivity index (χ4v) is 4.69. The average molecular weight is 471 g/mol. The molecule has 1 atom stereocenters. The van der Waals surface area contributed by atoms with Gasteiger partial charge in [0.05, 0.1) is 6.10 Å². The number of carbonyl (C=O) groups excluding carboxylic acids is 1. The summed E-state index contributed by atoms with van der Waals surface area (Å²) in [6.07, 6.45) is 26.5. The highest BCUT2D eigenvalue weighted by molar-refractivity contribution is 5.69. The smallest absolute Gasteiger partial charge is 0.306 e. The van der Waals surface area contributed by atoms with Crippen molar-refractivity contribution in [1.29, 1.82) is 0 Å². The third kappa shape index (κ3) is 17.0. The Kier molecular flexibility index (Phi) is 16.8. The fourth-order valence-electron chi connectivity index (χ4n) is 4.69. The highest BCUT2D eigenvalue weighted by Crippen LogP contribution is 2.27. The van der Waals surface area contributed by atoms with E-state index in [9.17, 15) is 4.79 Å². The van der Waals surface area contributed by atoms with Gasteiger partial charge in [-0.2, -0.15) is 0 Å². The average Bonchev–Trinajstić information content (AvgIpc) is 2.78. The summed E-state index contributed by atoms with van der Waals surface area (Å²) < 4.78 is 5.64. The summed E-state index contributed by atoms with van der Waals surface area (Å²) in [5, 5.41) is 0. The van der Waals surface area contributed by atoms with E-state index in [4.69, 9.17) is 4.74 Å². The third-order valence-corrected chi connectivity index (χ3v) is 7.03. The zero-order valence-corrected chi connectivity index (χ0v) is 23.4. The number of allylic oxidation sites excluding steroid dienone is 8.